The Bertz CT molecular complexity index is 785. The van der Waals surface area contributed by atoms with Crippen LogP contribution in [0.5, 0.6) is 0 Å². The zero-order valence-corrected chi connectivity index (χ0v) is 13.4. The van der Waals surface area contributed by atoms with Crippen molar-refractivity contribution in [3.8, 4) is 0 Å². The van der Waals surface area contributed by atoms with E-state index in [1.165, 1.54) is 8.71 Å². The number of ether oxygens (including phenoxy) is 1. The number of fused-ring (bicyclic) bond motifs is 1. The largest absolute Gasteiger partial charge is 0.378 e. The Morgan fingerprint density at radius 3 is 2.86 bits per heavy atom. The molecular weight excluding hydrogens is 314 g/mol. The van der Waals surface area contributed by atoms with Crippen LogP contribution < -0.4 is 0 Å². The van der Waals surface area contributed by atoms with Crippen LogP contribution in [-0.4, -0.2) is 47.4 Å². The van der Waals surface area contributed by atoms with E-state index in [2.05, 4.69) is 4.98 Å². The van der Waals surface area contributed by atoms with Crippen LogP contribution in [-0.2, 0) is 14.8 Å². The topological polar surface area (TPSA) is 63.9 Å². The molecule has 114 valence electrons. The third-order valence-corrected chi connectivity index (χ3v) is 6.06. The van der Waals surface area contributed by atoms with Gasteiger partial charge in [0.25, 0.3) is 10.0 Å². The third-order valence-electron chi connectivity index (χ3n) is 3.55. The summed E-state index contributed by atoms with van der Waals surface area (Å²) in [4.78, 5) is 4.11. The van der Waals surface area contributed by atoms with Crippen LogP contribution >= 0.6 is 11.6 Å². The molecule has 1 aliphatic rings. The molecule has 0 radical (unpaired) electrons. The van der Waals surface area contributed by atoms with Crippen molar-refractivity contribution in [2.24, 2.45) is 0 Å². The lowest BCUT2D eigenvalue weighted by Gasteiger charge is -2.40. The number of pyridine rings is 1. The van der Waals surface area contributed by atoms with Gasteiger partial charge in [0.05, 0.1) is 18.8 Å². The maximum atomic E-state index is 13.0. The van der Waals surface area contributed by atoms with Gasteiger partial charge in [-0.2, -0.15) is 4.31 Å². The van der Waals surface area contributed by atoms with E-state index in [9.17, 15) is 8.42 Å². The first-order valence-electron chi connectivity index (χ1n) is 6.57. The van der Waals surface area contributed by atoms with E-state index >= 15 is 0 Å². The second kappa shape index (κ2) is 4.95. The molecule has 2 aromatic heterocycles. The molecule has 3 heterocycles. The Kier molecular flexibility index (Phi) is 3.48. The maximum Gasteiger partial charge on any atom is 0.262 e. The van der Waals surface area contributed by atoms with Crippen LogP contribution in [0.25, 0.3) is 5.65 Å². The van der Waals surface area contributed by atoms with E-state index in [1.807, 2.05) is 13.8 Å². The van der Waals surface area contributed by atoms with Gasteiger partial charge >= 0.3 is 0 Å². The Balaban J connectivity index is 2.19. The highest BCUT2D eigenvalue weighted by atomic mass is 35.5. The van der Waals surface area contributed by atoms with Crippen molar-refractivity contribution in [2.75, 3.05) is 19.8 Å². The second-order valence-electron chi connectivity index (χ2n) is 5.58. The van der Waals surface area contributed by atoms with Crippen LogP contribution in [0.2, 0.25) is 5.15 Å². The standard InChI is InChI=1S/C13H16ClN3O3S/c1-13(2)9-20-8-7-17(13)21(18,19)12-11(14)15-10-5-3-4-6-16(10)12/h3-6H,7-9H2,1-2H3. The fourth-order valence-corrected chi connectivity index (χ4v) is 4.93. The van der Waals surface area contributed by atoms with E-state index in [0.717, 1.165) is 0 Å². The van der Waals surface area contributed by atoms with E-state index in [-0.39, 0.29) is 10.2 Å². The molecule has 0 saturated carbocycles. The molecule has 0 aliphatic carbocycles. The molecule has 6 nitrogen and oxygen atoms in total. The third kappa shape index (κ3) is 2.34. The molecular formula is C13H16ClN3O3S. The zero-order valence-electron chi connectivity index (χ0n) is 11.8. The lowest BCUT2D eigenvalue weighted by atomic mass is 10.1. The van der Waals surface area contributed by atoms with Crippen molar-refractivity contribution in [1.29, 1.82) is 0 Å². The Morgan fingerprint density at radius 1 is 1.38 bits per heavy atom. The summed E-state index contributed by atoms with van der Waals surface area (Å²) in [5.41, 5.74) is -0.119. The molecule has 21 heavy (non-hydrogen) atoms. The zero-order chi connectivity index (χ0) is 15.3. The molecule has 0 atom stereocenters. The summed E-state index contributed by atoms with van der Waals surface area (Å²) >= 11 is 6.10. The van der Waals surface area contributed by atoms with Crippen molar-refractivity contribution in [3.63, 3.8) is 0 Å². The van der Waals surface area contributed by atoms with E-state index in [0.29, 0.717) is 25.4 Å². The maximum absolute atomic E-state index is 13.0. The fourth-order valence-electron chi connectivity index (χ4n) is 2.57. The first-order chi connectivity index (χ1) is 9.84. The summed E-state index contributed by atoms with van der Waals surface area (Å²) < 4.78 is 34.4. The van der Waals surface area contributed by atoms with E-state index in [4.69, 9.17) is 16.3 Å². The monoisotopic (exact) mass is 329 g/mol. The van der Waals surface area contributed by atoms with E-state index < -0.39 is 15.6 Å². The Labute approximate surface area is 128 Å². The van der Waals surface area contributed by atoms with Crippen LogP contribution in [0, 0.1) is 0 Å². The molecule has 2 aromatic rings. The molecule has 0 amide bonds. The number of nitrogens with zero attached hydrogens (tertiary/aromatic N) is 3. The average Bonchev–Trinajstić information content (AvgIpc) is 2.74. The van der Waals surface area contributed by atoms with Gasteiger partial charge in [-0.3, -0.25) is 4.40 Å². The number of sulfonamides is 1. The lowest BCUT2D eigenvalue weighted by Crippen LogP contribution is -2.55. The lowest BCUT2D eigenvalue weighted by molar-refractivity contribution is -0.00783. The molecule has 1 aliphatic heterocycles. The number of aromatic nitrogens is 2. The van der Waals surface area contributed by atoms with Crippen molar-refractivity contribution in [3.05, 3.63) is 29.5 Å². The van der Waals surface area contributed by atoms with Gasteiger partial charge in [-0.1, -0.05) is 17.7 Å². The van der Waals surface area contributed by atoms with Gasteiger partial charge in [-0.25, -0.2) is 13.4 Å². The number of rotatable bonds is 2. The molecule has 0 spiro atoms. The molecule has 3 rings (SSSR count). The smallest absolute Gasteiger partial charge is 0.262 e. The molecule has 1 fully saturated rings. The quantitative estimate of drug-likeness (QED) is 0.842. The average molecular weight is 330 g/mol. The molecule has 8 heteroatoms. The first kappa shape index (κ1) is 14.8. The van der Waals surface area contributed by atoms with Gasteiger partial charge in [0.1, 0.15) is 5.65 Å². The van der Waals surface area contributed by atoms with Gasteiger partial charge < -0.3 is 4.74 Å². The van der Waals surface area contributed by atoms with Crippen molar-refractivity contribution in [1.82, 2.24) is 13.7 Å². The highest BCUT2D eigenvalue weighted by molar-refractivity contribution is 7.89. The Morgan fingerprint density at radius 2 is 2.14 bits per heavy atom. The number of hydrogen-bond donors (Lipinski definition) is 0. The van der Waals surface area contributed by atoms with Crippen LogP contribution in [0.1, 0.15) is 13.8 Å². The molecule has 0 aromatic carbocycles. The van der Waals surface area contributed by atoms with Gasteiger partial charge in [0.2, 0.25) is 0 Å². The van der Waals surface area contributed by atoms with Crippen molar-refractivity contribution >= 4 is 27.3 Å². The van der Waals surface area contributed by atoms with Gasteiger partial charge in [0.15, 0.2) is 10.2 Å². The first-order valence-corrected chi connectivity index (χ1v) is 8.39. The molecule has 1 saturated heterocycles. The minimum Gasteiger partial charge on any atom is -0.378 e. The van der Waals surface area contributed by atoms with Gasteiger partial charge in [0, 0.05) is 12.7 Å². The van der Waals surface area contributed by atoms with Gasteiger partial charge in [-0.05, 0) is 26.0 Å². The summed E-state index contributed by atoms with van der Waals surface area (Å²) in [5, 5.41) is -0.00164. The summed E-state index contributed by atoms with van der Waals surface area (Å²) in [7, 11) is -3.76. The number of halogens is 1. The summed E-state index contributed by atoms with van der Waals surface area (Å²) in [6, 6.07) is 5.25. The van der Waals surface area contributed by atoms with Crippen molar-refractivity contribution in [2.45, 2.75) is 24.4 Å². The van der Waals surface area contributed by atoms with Crippen LogP contribution in [0.3, 0.4) is 0 Å². The minimum atomic E-state index is -3.76. The van der Waals surface area contributed by atoms with Crippen molar-refractivity contribution < 1.29 is 13.2 Å². The molecule has 0 bridgehead atoms. The predicted molar refractivity (Wildman–Crippen MR) is 79.0 cm³/mol. The highest BCUT2D eigenvalue weighted by Crippen LogP contribution is 2.31. The van der Waals surface area contributed by atoms with Gasteiger partial charge in [-0.15, -0.1) is 0 Å². The highest BCUT2D eigenvalue weighted by Gasteiger charge is 2.42. The SMILES string of the molecule is CC1(C)COCCN1S(=O)(=O)c1c(Cl)nc2ccccn12. The van der Waals surface area contributed by atoms with E-state index in [1.54, 1.807) is 24.4 Å². The number of hydrogen-bond acceptors (Lipinski definition) is 4. The second-order valence-corrected chi connectivity index (χ2v) is 7.71. The molecule has 0 N–H and O–H groups in total. The minimum absolute atomic E-state index is 0.00902. The summed E-state index contributed by atoms with van der Waals surface area (Å²) in [6.07, 6.45) is 1.65. The summed E-state index contributed by atoms with van der Waals surface area (Å²) in [5.74, 6) is 0. The predicted octanol–water partition coefficient (Wildman–Crippen LogP) is 1.79. The van der Waals surface area contributed by atoms with Crippen LogP contribution in [0.15, 0.2) is 29.4 Å². The number of morpholine rings is 1. The normalized spacial score (nSPS) is 20.0. The Hall–Kier alpha value is -1.15. The number of imidazole rings is 1. The summed E-state index contributed by atoms with van der Waals surface area (Å²) in [6.45, 7) is 4.69. The molecule has 0 unspecified atom stereocenters. The fraction of sp³-hybridized carbons (Fsp3) is 0.462. The van der Waals surface area contributed by atoms with Crippen LogP contribution in [0.4, 0.5) is 0 Å².